The summed E-state index contributed by atoms with van der Waals surface area (Å²) in [5, 5.41) is 4.71. The van der Waals surface area contributed by atoms with Crippen molar-refractivity contribution >= 4 is 17.7 Å². The number of rotatable bonds is 6. The molecular formula is C15H29NO2S. The molecule has 0 aliphatic heterocycles. The van der Waals surface area contributed by atoms with Gasteiger partial charge in [-0.05, 0) is 46.0 Å². The second-order valence-corrected chi connectivity index (χ2v) is 7.69. The predicted octanol–water partition coefficient (Wildman–Crippen LogP) is 3.37. The smallest absolute Gasteiger partial charge is 0.326 e. The van der Waals surface area contributed by atoms with E-state index in [9.17, 15) is 4.79 Å². The highest BCUT2D eigenvalue weighted by Gasteiger charge is 2.44. The molecule has 0 aromatic rings. The highest BCUT2D eigenvalue weighted by Crippen LogP contribution is 2.38. The molecule has 1 aliphatic rings. The minimum absolute atomic E-state index is 0.0874. The molecule has 0 saturated heterocycles. The number of hydrogen-bond acceptors (Lipinski definition) is 4. The van der Waals surface area contributed by atoms with E-state index in [1.54, 1.807) is 0 Å². The molecule has 0 aromatic heterocycles. The average molecular weight is 287 g/mol. The Labute approximate surface area is 122 Å². The summed E-state index contributed by atoms with van der Waals surface area (Å²) in [5.74, 6) is -0.0874. The van der Waals surface area contributed by atoms with Crippen LogP contribution in [-0.4, -0.2) is 35.2 Å². The SMILES string of the molecule is CCC(C)SC1CCCC(NC(C)C)(C(=O)OC)C1. The summed E-state index contributed by atoms with van der Waals surface area (Å²) in [6.45, 7) is 8.68. The Bertz CT molecular complexity index is 296. The maximum Gasteiger partial charge on any atom is 0.326 e. The fourth-order valence-electron chi connectivity index (χ4n) is 2.89. The normalized spacial score (nSPS) is 29.3. The van der Waals surface area contributed by atoms with Gasteiger partial charge in [0, 0.05) is 16.5 Å². The molecule has 0 aromatic carbocycles. The summed E-state index contributed by atoms with van der Waals surface area (Å²) in [6, 6.07) is 0.298. The van der Waals surface area contributed by atoms with E-state index in [0.29, 0.717) is 16.5 Å². The summed E-state index contributed by atoms with van der Waals surface area (Å²) in [6.07, 6.45) is 5.29. The Hall–Kier alpha value is -0.220. The van der Waals surface area contributed by atoms with Crippen LogP contribution < -0.4 is 5.32 Å². The molecule has 1 saturated carbocycles. The van der Waals surface area contributed by atoms with Gasteiger partial charge in [0.2, 0.25) is 0 Å². The number of methoxy groups -OCH3 is 1. The van der Waals surface area contributed by atoms with Crippen molar-refractivity contribution in [3.8, 4) is 0 Å². The summed E-state index contributed by atoms with van der Waals surface area (Å²) in [5.41, 5.74) is -0.466. The van der Waals surface area contributed by atoms with Crippen molar-refractivity contribution in [2.75, 3.05) is 7.11 Å². The van der Waals surface area contributed by atoms with Crippen molar-refractivity contribution in [1.29, 1.82) is 0 Å². The van der Waals surface area contributed by atoms with Crippen LogP contribution in [-0.2, 0) is 9.53 Å². The maximum absolute atomic E-state index is 12.2. The topological polar surface area (TPSA) is 38.3 Å². The molecule has 1 N–H and O–H groups in total. The van der Waals surface area contributed by atoms with Crippen LogP contribution in [0.4, 0.5) is 0 Å². The van der Waals surface area contributed by atoms with Gasteiger partial charge in [0.05, 0.1) is 7.11 Å². The van der Waals surface area contributed by atoms with E-state index in [1.165, 1.54) is 20.0 Å². The van der Waals surface area contributed by atoms with Crippen LogP contribution in [0.25, 0.3) is 0 Å². The van der Waals surface area contributed by atoms with Crippen LogP contribution in [0.5, 0.6) is 0 Å². The highest BCUT2D eigenvalue weighted by atomic mass is 32.2. The monoisotopic (exact) mass is 287 g/mol. The largest absolute Gasteiger partial charge is 0.468 e. The van der Waals surface area contributed by atoms with Crippen molar-refractivity contribution in [3.05, 3.63) is 0 Å². The fourth-order valence-corrected chi connectivity index (χ4v) is 4.42. The van der Waals surface area contributed by atoms with E-state index < -0.39 is 5.54 Å². The summed E-state index contributed by atoms with van der Waals surface area (Å²) < 4.78 is 5.06. The Morgan fingerprint density at radius 3 is 2.68 bits per heavy atom. The van der Waals surface area contributed by atoms with Crippen molar-refractivity contribution in [2.45, 2.75) is 81.9 Å². The average Bonchev–Trinajstić information content (AvgIpc) is 2.37. The van der Waals surface area contributed by atoms with Gasteiger partial charge in [-0.3, -0.25) is 10.1 Å². The molecule has 1 aliphatic carbocycles. The van der Waals surface area contributed by atoms with Gasteiger partial charge in [0.15, 0.2) is 0 Å². The molecule has 0 amide bonds. The van der Waals surface area contributed by atoms with Crippen LogP contribution in [0.15, 0.2) is 0 Å². The molecule has 0 heterocycles. The van der Waals surface area contributed by atoms with Gasteiger partial charge in [0.1, 0.15) is 5.54 Å². The zero-order valence-corrected chi connectivity index (χ0v) is 13.8. The molecule has 0 spiro atoms. The van der Waals surface area contributed by atoms with E-state index >= 15 is 0 Å². The van der Waals surface area contributed by atoms with Gasteiger partial charge in [-0.15, -0.1) is 0 Å². The highest BCUT2D eigenvalue weighted by molar-refractivity contribution is 8.00. The second kappa shape index (κ2) is 7.53. The molecular weight excluding hydrogens is 258 g/mol. The van der Waals surface area contributed by atoms with Crippen LogP contribution in [0.1, 0.15) is 59.8 Å². The molecule has 1 rings (SSSR count). The first-order valence-corrected chi connectivity index (χ1v) is 8.39. The molecule has 112 valence electrons. The quantitative estimate of drug-likeness (QED) is 0.760. The van der Waals surface area contributed by atoms with Gasteiger partial charge in [0.25, 0.3) is 0 Å². The third-order valence-corrected chi connectivity index (χ3v) is 5.43. The second-order valence-electron chi connectivity index (χ2n) is 5.95. The molecule has 19 heavy (non-hydrogen) atoms. The Balaban J connectivity index is 2.76. The van der Waals surface area contributed by atoms with Crippen LogP contribution in [0, 0.1) is 0 Å². The Morgan fingerprint density at radius 1 is 1.47 bits per heavy atom. The summed E-state index contributed by atoms with van der Waals surface area (Å²) >= 11 is 2.03. The van der Waals surface area contributed by atoms with Crippen molar-refractivity contribution in [1.82, 2.24) is 5.32 Å². The summed E-state index contributed by atoms with van der Waals surface area (Å²) in [4.78, 5) is 12.2. The first-order chi connectivity index (χ1) is 8.93. The Kier molecular flexibility index (Phi) is 6.67. The molecule has 3 unspecified atom stereocenters. The lowest BCUT2D eigenvalue weighted by atomic mass is 9.81. The van der Waals surface area contributed by atoms with E-state index in [-0.39, 0.29) is 5.97 Å². The minimum atomic E-state index is -0.466. The lowest BCUT2D eigenvalue weighted by Gasteiger charge is -2.41. The third kappa shape index (κ3) is 4.67. The first-order valence-electron chi connectivity index (χ1n) is 7.45. The fraction of sp³-hybridized carbons (Fsp3) is 0.933. The lowest BCUT2D eigenvalue weighted by Crippen LogP contribution is -2.58. The molecule has 3 nitrogen and oxygen atoms in total. The Morgan fingerprint density at radius 2 is 2.16 bits per heavy atom. The van der Waals surface area contributed by atoms with Gasteiger partial charge in [-0.2, -0.15) is 11.8 Å². The minimum Gasteiger partial charge on any atom is -0.468 e. The van der Waals surface area contributed by atoms with E-state index in [1.807, 2.05) is 11.8 Å². The third-order valence-electron chi connectivity index (χ3n) is 3.85. The van der Waals surface area contributed by atoms with Gasteiger partial charge in [-0.1, -0.05) is 13.8 Å². The number of thioether (sulfide) groups is 1. The summed E-state index contributed by atoms with van der Waals surface area (Å²) in [7, 11) is 1.50. The van der Waals surface area contributed by atoms with Gasteiger partial charge < -0.3 is 4.74 Å². The van der Waals surface area contributed by atoms with Crippen molar-refractivity contribution in [3.63, 3.8) is 0 Å². The van der Waals surface area contributed by atoms with Crippen LogP contribution in [0.3, 0.4) is 0 Å². The number of esters is 1. The maximum atomic E-state index is 12.2. The van der Waals surface area contributed by atoms with Crippen LogP contribution in [0.2, 0.25) is 0 Å². The molecule has 1 fully saturated rings. The molecule has 0 radical (unpaired) electrons. The number of hydrogen-bond donors (Lipinski definition) is 1. The zero-order valence-electron chi connectivity index (χ0n) is 13.0. The molecule has 0 bridgehead atoms. The van der Waals surface area contributed by atoms with E-state index in [2.05, 4.69) is 33.0 Å². The van der Waals surface area contributed by atoms with E-state index in [0.717, 1.165) is 19.3 Å². The first kappa shape index (κ1) is 16.8. The van der Waals surface area contributed by atoms with Crippen molar-refractivity contribution in [2.24, 2.45) is 0 Å². The zero-order chi connectivity index (χ0) is 14.5. The number of ether oxygens (including phenoxy) is 1. The number of carbonyl (C=O) groups excluding carboxylic acids is 1. The van der Waals surface area contributed by atoms with Crippen molar-refractivity contribution < 1.29 is 9.53 Å². The number of nitrogens with one attached hydrogen (secondary N) is 1. The molecule has 4 heteroatoms. The van der Waals surface area contributed by atoms with E-state index in [4.69, 9.17) is 4.74 Å². The van der Waals surface area contributed by atoms with Crippen LogP contribution >= 0.6 is 11.8 Å². The lowest BCUT2D eigenvalue weighted by molar-refractivity contribution is -0.150. The molecule has 3 atom stereocenters. The van der Waals surface area contributed by atoms with Gasteiger partial charge >= 0.3 is 5.97 Å². The standard InChI is InChI=1S/C15H29NO2S/c1-6-12(4)19-13-8-7-9-15(10-13,14(17)18-5)16-11(2)3/h11-13,16H,6-10H2,1-5H3. The van der Waals surface area contributed by atoms with Gasteiger partial charge in [-0.25, -0.2) is 0 Å². The predicted molar refractivity (Wildman–Crippen MR) is 82.6 cm³/mol. The number of carbonyl (C=O) groups is 1.